The molecule has 164 valence electrons. The molecule has 0 radical (unpaired) electrons. The van der Waals surface area contributed by atoms with E-state index in [1.807, 2.05) is 0 Å². The topological polar surface area (TPSA) is 133 Å². The number of aromatic carboxylic acids is 1. The summed E-state index contributed by atoms with van der Waals surface area (Å²) >= 11 is 5.13. The fourth-order valence-corrected chi connectivity index (χ4v) is 3.40. The molecule has 1 amide bonds. The van der Waals surface area contributed by atoms with Crippen molar-refractivity contribution in [1.29, 1.82) is 0 Å². The zero-order chi connectivity index (χ0) is 23.5. The Labute approximate surface area is 191 Å². The molecular weight excluding hydrogens is 444 g/mol. The Hall–Kier alpha value is -4.57. The Balaban J connectivity index is 1.49. The number of aromatic amines is 1. The van der Waals surface area contributed by atoms with Gasteiger partial charge < -0.3 is 15.4 Å². The highest BCUT2D eigenvalue weighted by molar-refractivity contribution is 7.80. The third-order valence-electron chi connectivity index (χ3n) is 4.81. The van der Waals surface area contributed by atoms with Crippen LogP contribution in [0, 0.1) is 0 Å². The summed E-state index contributed by atoms with van der Waals surface area (Å²) in [7, 11) is 0. The van der Waals surface area contributed by atoms with E-state index >= 15 is 0 Å². The van der Waals surface area contributed by atoms with Crippen molar-refractivity contribution >= 4 is 45.8 Å². The summed E-state index contributed by atoms with van der Waals surface area (Å²) < 4.78 is 0.997. The maximum Gasteiger partial charge on any atom is 0.335 e. The standard InChI is InChI=1S/C23H16N4O5S/c28-19(26-22(33)24-15-9-5-14(6-10-15)21(30)31)13-7-11-16(12-8-13)27-20(29)17-3-1-2-4-18(17)25-23(27)32/h1-12H,(H,25,32)(H,30,31)(H2,24,26,28,33). The average molecular weight is 460 g/mol. The summed E-state index contributed by atoms with van der Waals surface area (Å²) in [5.74, 6) is -1.55. The van der Waals surface area contributed by atoms with Crippen molar-refractivity contribution in [3.63, 3.8) is 0 Å². The molecule has 10 heteroatoms. The van der Waals surface area contributed by atoms with E-state index in [0.29, 0.717) is 22.3 Å². The molecule has 0 unspecified atom stereocenters. The van der Waals surface area contributed by atoms with Gasteiger partial charge in [0.25, 0.3) is 11.5 Å². The normalized spacial score (nSPS) is 10.5. The largest absolute Gasteiger partial charge is 0.478 e. The molecule has 3 aromatic carbocycles. The minimum Gasteiger partial charge on any atom is -0.478 e. The van der Waals surface area contributed by atoms with Crippen molar-refractivity contribution in [2.45, 2.75) is 0 Å². The number of H-pyrrole nitrogens is 1. The van der Waals surface area contributed by atoms with Crippen LogP contribution >= 0.6 is 12.2 Å². The highest BCUT2D eigenvalue weighted by Gasteiger charge is 2.12. The second-order valence-electron chi connectivity index (χ2n) is 6.95. The SMILES string of the molecule is O=C(O)c1ccc(NC(=S)NC(=O)c2ccc(-n3c(=O)[nH]c4ccccc4c3=O)cc2)cc1. The predicted molar refractivity (Wildman–Crippen MR) is 127 cm³/mol. The molecule has 0 saturated heterocycles. The van der Waals surface area contributed by atoms with Crippen molar-refractivity contribution in [2.75, 3.05) is 5.32 Å². The highest BCUT2D eigenvalue weighted by atomic mass is 32.1. The second-order valence-corrected chi connectivity index (χ2v) is 7.36. The number of carbonyl (C=O) groups excluding carboxylic acids is 1. The minimum atomic E-state index is -1.05. The maximum atomic E-state index is 12.8. The van der Waals surface area contributed by atoms with E-state index in [9.17, 15) is 19.2 Å². The number of carboxylic acids is 1. The van der Waals surface area contributed by atoms with E-state index in [1.165, 1.54) is 48.5 Å². The first kappa shape index (κ1) is 21.7. The number of nitrogens with one attached hydrogen (secondary N) is 3. The summed E-state index contributed by atoms with van der Waals surface area (Å²) in [6, 6.07) is 18.5. The first-order valence-corrected chi connectivity index (χ1v) is 10.0. The van der Waals surface area contributed by atoms with Crippen LogP contribution in [0.5, 0.6) is 0 Å². The smallest absolute Gasteiger partial charge is 0.335 e. The number of nitrogens with zero attached hydrogens (tertiary/aromatic N) is 1. The highest BCUT2D eigenvalue weighted by Crippen LogP contribution is 2.11. The molecule has 0 spiro atoms. The zero-order valence-corrected chi connectivity index (χ0v) is 17.7. The molecule has 0 aliphatic carbocycles. The Morgan fingerprint density at radius 1 is 0.879 bits per heavy atom. The summed E-state index contributed by atoms with van der Waals surface area (Å²) in [5, 5.41) is 14.6. The Kier molecular flexibility index (Phi) is 5.83. The molecule has 0 aliphatic heterocycles. The third kappa shape index (κ3) is 4.55. The number of carbonyl (C=O) groups is 2. The van der Waals surface area contributed by atoms with E-state index in [-0.39, 0.29) is 16.2 Å². The molecule has 0 aliphatic rings. The molecule has 4 aromatic rings. The van der Waals surface area contributed by atoms with Crippen LogP contribution < -0.4 is 21.9 Å². The van der Waals surface area contributed by atoms with Crippen molar-refractivity contribution in [3.8, 4) is 5.69 Å². The first-order chi connectivity index (χ1) is 15.8. The van der Waals surface area contributed by atoms with Gasteiger partial charge in [0.15, 0.2) is 5.11 Å². The van der Waals surface area contributed by atoms with Crippen LogP contribution in [0.4, 0.5) is 5.69 Å². The van der Waals surface area contributed by atoms with Crippen molar-refractivity contribution in [1.82, 2.24) is 14.9 Å². The second kappa shape index (κ2) is 8.89. The van der Waals surface area contributed by atoms with E-state index < -0.39 is 23.1 Å². The Morgan fingerprint density at radius 3 is 2.18 bits per heavy atom. The lowest BCUT2D eigenvalue weighted by molar-refractivity contribution is 0.0696. The van der Waals surface area contributed by atoms with Gasteiger partial charge >= 0.3 is 11.7 Å². The quantitative estimate of drug-likeness (QED) is 0.344. The van der Waals surface area contributed by atoms with Crippen molar-refractivity contribution < 1.29 is 14.7 Å². The fourth-order valence-electron chi connectivity index (χ4n) is 3.19. The van der Waals surface area contributed by atoms with Crippen LogP contribution in [0.2, 0.25) is 0 Å². The van der Waals surface area contributed by atoms with Gasteiger partial charge in [-0.2, -0.15) is 0 Å². The van der Waals surface area contributed by atoms with Crippen LogP contribution in [0.3, 0.4) is 0 Å². The number of carboxylic acid groups (broad SMARTS) is 1. The molecule has 9 nitrogen and oxygen atoms in total. The lowest BCUT2D eigenvalue weighted by atomic mass is 10.2. The van der Waals surface area contributed by atoms with Gasteiger partial charge in [-0.3, -0.25) is 14.9 Å². The number of rotatable bonds is 4. The van der Waals surface area contributed by atoms with Crippen LogP contribution in [-0.4, -0.2) is 31.6 Å². The molecule has 1 heterocycles. The van der Waals surface area contributed by atoms with Crippen LogP contribution in [0.15, 0.2) is 82.4 Å². The van der Waals surface area contributed by atoms with Crippen LogP contribution in [-0.2, 0) is 0 Å². The first-order valence-electron chi connectivity index (χ1n) is 9.64. The number of benzene rings is 3. The predicted octanol–water partition coefficient (Wildman–Crippen LogP) is 2.50. The van der Waals surface area contributed by atoms with E-state index in [4.69, 9.17) is 17.3 Å². The van der Waals surface area contributed by atoms with Gasteiger partial charge in [0, 0.05) is 11.3 Å². The summed E-state index contributed by atoms with van der Waals surface area (Å²) in [6.07, 6.45) is 0. The average Bonchev–Trinajstić information content (AvgIpc) is 2.80. The summed E-state index contributed by atoms with van der Waals surface area (Å²) in [6.45, 7) is 0. The number of thiocarbonyl (C=S) groups is 1. The number of fused-ring (bicyclic) bond motifs is 1. The maximum absolute atomic E-state index is 12.8. The number of para-hydroxylation sites is 1. The van der Waals surface area contributed by atoms with Crippen LogP contribution in [0.1, 0.15) is 20.7 Å². The number of hydrogen-bond acceptors (Lipinski definition) is 5. The monoisotopic (exact) mass is 460 g/mol. The minimum absolute atomic E-state index is 0.0225. The molecule has 0 atom stereocenters. The summed E-state index contributed by atoms with van der Waals surface area (Å²) in [4.78, 5) is 51.2. The van der Waals surface area contributed by atoms with Gasteiger partial charge in [-0.25, -0.2) is 14.2 Å². The lowest BCUT2D eigenvalue weighted by Crippen LogP contribution is -2.34. The van der Waals surface area contributed by atoms with Gasteiger partial charge in [0.1, 0.15) is 0 Å². The van der Waals surface area contributed by atoms with E-state index in [1.54, 1.807) is 24.3 Å². The number of amides is 1. The molecule has 33 heavy (non-hydrogen) atoms. The molecule has 0 saturated carbocycles. The molecular formula is C23H16N4O5S. The van der Waals surface area contributed by atoms with Gasteiger partial charge in [0.2, 0.25) is 0 Å². The van der Waals surface area contributed by atoms with Gasteiger partial charge in [-0.15, -0.1) is 0 Å². The Bertz CT molecular complexity index is 1510. The number of aromatic nitrogens is 2. The van der Waals surface area contributed by atoms with Crippen molar-refractivity contribution in [3.05, 3.63) is 105 Å². The van der Waals surface area contributed by atoms with E-state index in [0.717, 1.165) is 4.57 Å². The molecule has 0 bridgehead atoms. The zero-order valence-electron chi connectivity index (χ0n) is 16.9. The summed E-state index contributed by atoms with van der Waals surface area (Å²) in [5.41, 5.74) is 0.590. The van der Waals surface area contributed by atoms with Crippen LogP contribution in [0.25, 0.3) is 16.6 Å². The van der Waals surface area contributed by atoms with Gasteiger partial charge in [-0.1, -0.05) is 12.1 Å². The number of hydrogen-bond donors (Lipinski definition) is 4. The van der Waals surface area contributed by atoms with Crippen molar-refractivity contribution in [2.24, 2.45) is 0 Å². The Morgan fingerprint density at radius 2 is 1.52 bits per heavy atom. The lowest BCUT2D eigenvalue weighted by Gasteiger charge is -2.11. The third-order valence-corrected chi connectivity index (χ3v) is 5.01. The molecule has 4 N–H and O–H groups in total. The molecule has 1 aromatic heterocycles. The molecule has 0 fully saturated rings. The van der Waals surface area contributed by atoms with E-state index in [2.05, 4.69) is 15.6 Å². The molecule has 4 rings (SSSR count). The van der Waals surface area contributed by atoms with Gasteiger partial charge in [0.05, 0.1) is 22.2 Å². The fraction of sp³-hybridized carbons (Fsp3) is 0. The number of anilines is 1. The van der Waals surface area contributed by atoms with Gasteiger partial charge in [-0.05, 0) is 72.9 Å².